The van der Waals surface area contributed by atoms with Crippen molar-refractivity contribution in [1.29, 1.82) is 0 Å². The molecule has 1 aliphatic rings. The van der Waals surface area contributed by atoms with E-state index in [1.165, 1.54) is 11.2 Å². The zero-order valence-corrected chi connectivity index (χ0v) is 9.68. The summed E-state index contributed by atoms with van der Waals surface area (Å²) in [7, 11) is 0. The lowest BCUT2D eigenvalue weighted by Gasteiger charge is -2.19. The smallest absolute Gasteiger partial charge is 0.323 e. The summed E-state index contributed by atoms with van der Waals surface area (Å²) in [4.78, 5) is 24.2. The topological polar surface area (TPSA) is 70.8 Å². The molecule has 0 unspecified atom stereocenters. The Morgan fingerprint density at radius 3 is 2.71 bits per heavy atom. The van der Waals surface area contributed by atoms with Crippen molar-refractivity contribution in [2.75, 3.05) is 13.1 Å². The second-order valence-electron chi connectivity index (χ2n) is 4.47. The van der Waals surface area contributed by atoms with Crippen LogP contribution in [0.2, 0.25) is 0 Å². The first-order valence-electron chi connectivity index (χ1n) is 5.62. The molecular formula is C12H15NO4. The number of furan rings is 1. The van der Waals surface area contributed by atoms with Crippen LogP contribution in [-0.2, 0) is 4.79 Å². The summed E-state index contributed by atoms with van der Waals surface area (Å²) in [6.45, 7) is 2.02. The number of carboxylic acids is 1. The highest BCUT2D eigenvalue weighted by molar-refractivity contribution is 5.95. The van der Waals surface area contributed by atoms with Gasteiger partial charge in [0, 0.05) is 6.54 Å². The summed E-state index contributed by atoms with van der Waals surface area (Å²) in [5.41, 5.74) is 0.421. The monoisotopic (exact) mass is 237 g/mol. The highest BCUT2D eigenvalue weighted by Gasteiger charge is 2.28. The van der Waals surface area contributed by atoms with Crippen LogP contribution in [0, 0.1) is 12.8 Å². The quantitative estimate of drug-likeness (QED) is 0.842. The molecule has 0 saturated heterocycles. The fraction of sp³-hybridized carbons (Fsp3) is 0.500. The highest BCUT2D eigenvalue weighted by Crippen LogP contribution is 2.30. The van der Waals surface area contributed by atoms with Crippen LogP contribution in [0.1, 0.15) is 29.0 Å². The van der Waals surface area contributed by atoms with E-state index in [0.717, 1.165) is 12.8 Å². The zero-order valence-electron chi connectivity index (χ0n) is 9.68. The van der Waals surface area contributed by atoms with Crippen molar-refractivity contribution in [2.45, 2.75) is 19.8 Å². The van der Waals surface area contributed by atoms with Gasteiger partial charge in [-0.1, -0.05) is 0 Å². The number of carbonyl (C=O) groups is 2. The first-order valence-corrected chi connectivity index (χ1v) is 5.62. The Kier molecular flexibility index (Phi) is 3.17. The third kappa shape index (κ3) is 3.09. The molecule has 0 radical (unpaired) electrons. The van der Waals surface area contributed by atoms with E-state index >= 15 is 0 Å². The average molecular weight is 237 g/mol. The molecule has 1 heterocycles. The first kappa shape index (κ1) is 11.7. The predicted octanol–water partition coefficient (Wildman–Crippen LogP) is 1.52. The molecule has 5 heteroatoms. The average Bonchev–Trinajstić information content (AvgIpc) is 2.96. The SMILES string of the molecule is Cc1cc(C(=O)N(CC(=O)O)CC2CC2)co1. The van der Waals surface area contributed by atoms with E-state index in [1.54, 1.807) is 13.0 Å². The van der Waals surface area contributed by atoms with Gasteiger partial charge < -0.3 is 14.4 Å². The number of aliphatic carboxylic acids is 1. The maximum atomic E-state index is 12.1. The minimum absolute atomic E-state index is 0.250. The Morgan fingerprint density at radius 1 is 1.53 bits per heavy atom. The second-order valence-corrected chi connectivity index (χ2v) is 4.47. The van der Waals surface area contributed by atoms with Crippen molar-refractivity contribution in [3.05, 3.63) is 23.7 Å². The number of aryl methyl sites for hydroxylation is 1. The van der Waals surface area contributed by atoms with Crippen LogP contribution >= 0.6 is 0 Å². The Balaban J connectivity index is 2.07. The molecule has 1 aromatic rings. The standard InChI is InChI=1S/C12H15NO4/c1-8-4-10(7-17-8)12(16)13(6-11(14)15)5-9-2-3-9/h4,7,9H,2-3,5-6H2,1H3,(H,14,15). The van der Waals surface area contributed by atoms with Gasteiger partial charge in [-0.25, -0.2) is 0 Å². The van der Waals surface area contributed by atoms with Crippen LogP contribution in [0.25, 0.3) is 0 Å². The third-order valence-electron chi connectivity index (χ3n) is 2.77. The van der Waals surface area contributed by atoms with Gasteiger partial charge in [0.25, 0.3) is 5.91 Å². The summed E-state index contributed by atoms with van der Waals surface area (Å²) in [5.74, 6) is -0.142. The van der Waals surface area contributed by atoms with E-state index in [-0.39, 0.29) is 12.5 Å². The van der Waals surface area contributed by atoms with Gasteiger partial charge in [0.15, 0.2) is 0 Å². The minimum atomic E-state index is -0.987. The lowest BCUT2D eigenvalue weighted by atomic mass is 10.2. The number of nitrogens with zero attached hydrogens (tertiary/aromatic N) is 1. The summed E-state index contributed by atoms with van der Waals surface area (Å²) in [5, 5.41) is 8.80. The van der Waals surface area contributed by atoms with Crippen molar-refractivity contribution in [3.63, 3.8) is 0 Å². The van der Waals surface area contributed by atoms with Gasteiger partial charge in [-0.15, -0.1) is 0 Å². The Labute approximate surface area is 99.0 Å². The first-order chi connectivity index (χ1) is 8.06. The molecule has 0 bridgehead atoms. The van der Waals surface area contributed by atoms with Gasteiger partial charge in [-0.2, -0.15) is 0 Å². The van der Waals surface area contributed by atoms with E-state index in [2.05, 4.69) is 0 Å². The molecule has 1 aliphatic carbocycles. The normalized spacial score (nSPS) is 14.6. The molecule has 1 fully saturated rings. The minimum Gasteiger partial charge on any atom is -0.480 e. The zero-order chi connectivity index (χ0) is 12.4. The van der Waals surface area contributed by atoms with Crippen LogP contribution in [0.15, 0.2) is 16.7 Å². The van der Waals surface area contributed by atoms with Crippen molar-refractivity contribution < 1.29 is 19.1 Å². The van der Waals surface area contributed by atoms with E-state index in [1.807, 2.05) is 0 Å². The number of carbonyl (C=O) groups excluding carboxylic acids is 1. The molecule has 1 saturated carbocycles. The molecule has 92 valence electrons. The maximum Gasteiger partial charge on any atom is 0.323 e. The van der Waals surface area contributed by atoms with Crippen LogP contribution in [0.4, 0.5) is 0 Å². The van der Waals surface area contributed by atoms with E-state index in [0.29, 0.717) is 23.8 Å². The van der Waals surface area contributed by atoms with E-state index in [9.17, 15) is 9.59 Å². The van der Waals surface area contributed by atoms with Gasteiger partial charge in [-0.3, -0.25) is 9.59 Å². The number of amides is 1. The molecule has 1 N–H and O–H groups in total. The van der Waals surface area contributed by atoms with Crippen LogP contribution in [-0.4, -0.2) is 35.0 Å². The molecular weight excluding hydrogens is 222 g/mol. The molecule has 1 aromatic heterocycles. The lowest BCUT2D eigenvalue weighted by molar-refractivity contribution is -0.137. The van der Waals surface area contributed by atoms with Crippen LogP contribution in [0.3, 0.4) is 0 Å². The van der Waals surface area contributed by atoms with Crippen LogP contribution in [0.5, 0.6) is 0 Å². The van der Waals surface area contributed by atoms with Crippen molar-refractivity contribution >= 4 is 11.9 Å². The summed E-state index contributed by atoms with van der Waals surface area (Å²) < 4.78 is 5.07. The molecule has 5 nitrogen and oxygen atoms in total. The molecule has 0 aromatic carbocycles. The third-order valence-corrected chi connectivity index (χ3v) is 2.77. The fourth-order valence-corrected chi connectivity index (χ4v) is 1.73. The van der Waals surface area contributed by atoms with Gasteiger partial charge >= 0.3 is 5.97 Å². The summed E-state index contributed by atoms with van der Waals surface area (Å²) in [6, 6.07) is 1.63. The number of hydrogen-bond donors (Lipinski definition) is 1. The second kappa shape index (κ2) is 4.61. The van der Waals surface area contributed by atoms with Gasteiger partial charge in [0.05, 0.1) is 5.56 Å². The Bertz CT molecular complexity index is 433. The number of hydrogen-bond acceptors (Lipinski definition) is 3. The molecule has 2 rings (SSSR count). The predicted molar refractivity (Wildman–Crippen MR) is 59.7 cm³/mol. The molecule has 17 heavy (non-hydrogen) atoms. The number of rotatable bonds is 5. The van der Waals surface area contributed by atoms with Gasteiger partial charge in [0.1, 0.15) is 18.6 Å². The van der Waals surface area contributed by atoms with Gasteiger partial charge in [0.2, 0.25) is 0 Å². The largest absolute Gasteiger partial charge is 0.480 e. The molecule has 0 aliphatic heterocycles. The molecule has 0 atom stereocenters. The van der Waals surface area contributed by atoms with Crippen LogP contribution < -0.4 is 0 Å². The van der Waals surface area contributed by atoms with Gasteiger partial charge in [-0.05, 0) is 31.7 Å². The van der Waals surface area contributed by atoms with Crippen molar-refractivity contribution in [1.82, 2.24) is 4.90 Å². The Hall–Kier alpha value is -1.78. The van der Waals surface area contributed by atoms with E-state index in [4.69, 9.17) is 9.52 Å². The lowest BCUT2D eigenvalue weighted by Crippen LogP contribution is -2.37. The fourth-order valence-electron chi connectivity index (χ4n) is 1.73. The van der Waals surface area contributed by atoms with Crippen molar-refractivity contribution in [2.24, 2.45) is 5.92 Å². The Morgan fingerprint density at radius 2 is 2.24 bits per heavy atom. The summed E-state index contributed by atoms with van der Waals surface area (Å²) in [6.07, 6.45) is 3.53. The number of carboxylic acid groups (broad SMARTS) is 1. The highest BCUT2D eigenvalue weighted by atomic mass is 16.4. The van der Waals surface area contributed by atoms with Crippen molar-refractivity contribution in [3.8, 4) is 0 Å². The summed E-state index contributed by atoms with van der Waals surface area (Å²) >= 11 is 0. The molecule has 1 amide bonds. The molecule has 0 spiro atoms. The maximum absolute atomic E-state index is 12.1. The van der Waals surface area contributed by atoms with E-state index < -0.39 is 5.97 Å².